The van der Waals surface area contributed by atoms with Gasteiger partial charge >= 0.3 is 0 Å². The first-order valence-electron chi connectivity index (χ1n) is 6.86. The minimum Gasteiger partial charge on any atom is -0.285 e. The normalized spacial score (nSPS) is 17.0. The van der Waals surface area contributed by atoms with Crippen LogP contribution in [0.5, 0.6) is 0 Å². The number of thioether (sulfide) groups is 1. The lowest BCUT2D eigenvalue weighted by molar-refractivity contribution is -0.124. The first-order chi connectivity index (χ1) is 10.7. The second kappa shape index (κ2) is 6.89. The standard InChI is InChI=1S/C16H15N3OS2/c1-12-5-2-3-6-13(12)10-19-15(20)11-22-16(19)18-17-9-14-7-4-8-21-14/h2-9H,10-11H2,1H3/b17-9+,18-16-. The molecule has 6 heteroatoms. The van der Waals surface area contributed by atoms with Crippen LogP contribution in [0.3, 0.4) is 0 Å². The van der Waals surface area contributed by atoms with E-state index in [1.807, 2.05) is 35.7 Å². The van der Waals surface area contributed by atoms with Gasteiger partial charge in [0.2, 0.25) is 5.91 Å². The van der Waals surface area contributed by atoms with Crippen molar-refractivity contribution in [3.8, 4) is 0 Å². The van der Waals surface area contributed by atoms with E-state index in [1.54, 1.807) is 22.5 Å². The number of carbonyl (C=O) groups is 1. The molecule has 1 aromatic heterocycles. The smallest absolute Gasteiger partial charge is 0.239 e. The summed E-state index contributed by atoms with van der Waals surface area (Å²) in [6.45, 7) is 2.60. The van der Waals surface area contributed by atoms with Crippen LogP contribution in [0.4, 0.5) is 0 Å². The van der Waals surface area contributed by atoms with Crippen LogP contribution in [0.1, 0.15) is 16.0 Å². The molecule has 1 aliphatic rings. The summed E-state index contributed by atoms with van der Waals surface area (Å²) in [5.41, 5.74) is 2.31. The number of aryl methyl sites for hydroxylation is 1. The Labute approximate surface area is 137 Å². The number of thiophene rings is 1. The number of hydrogen-bond donors (Lipinski definition) is 0. The summed E-state index contributed by atoms with van der Waals surface area (Å²) in [6, 6.07) is 12.0. The van der Waals surface area contributed by atoms with E-state index in [-0.39, 0.29) is 5.91 Å². The zero-order valence-electron chi connectivity index (χ0n) is 12.1. The van der Waals surface area contributed by atoms with E-state index in [9.17, 15) is 4.79 Å². The van der Waals surface area contributed by atoms with Crippen LogP contribution in [0.15, 0.2) is 52.0 Å². The van der Waals surface area contributed by atoms with Gasteiger partial charge in [-0.1, -0.05) is 42.1 Å². The van der Waals surface area contributed by atoms with Crippen LogP contribution in [0, 0.1) is 6.92 Å². The predicted molar refractivity (Wildman–Crippen MR) is 93.5 cm³/mol. The SMILES string of the molecule is Cc1ccccc1CN1C(=O)CS/C1=N\N=C\c1cccs1. The first-order valence-corrected chi connectivity index (χ1v) is 8.73. The van der Waals surface area contributed by atoms with Gasteiger partial charge in [0.05, 0.1) is 18.5 Å². The topological polar surface area (TPSA) is 45.0 Å². The maximum Gasteiger partial charge on any atom is 0.239 e. The average Bonchev–Trinajstić information content (AvgIpc) is 3.14. The van der Waals surface area contributed by atoms with E-state index in [4.69, 9.17) is 0 Å². The summed E-state index contributed by atoms with van der Waals surface area (Å²) in [5, 5.41) is 11.0. The summed E-state index contributed by atoms with van der Waals surface area (Å²) in [7, 11) is 0. The van der Waals surface area contributed by atoms with Crippen molar-refractivity contribution >= 4 is 40.4 Å². The number of nitrogens with zero attached hydrogens (tertiary/aromatic N) is 3. The molecule has 1 saturated heterocycles. The van der Waals surface area contributed by atoms with Crippen LogP contribution in [-0.2, 0) is 11.3 Å². The maximum atomic E-state index is 12.1. The molecule has 0 bridgehead atoms. The van der Waals surface area contributed by atoms with E-state index in [0.717, 1.165) is 10.4 Å². The van der Waals surface area contributed by atoms with Crippen molar-refractivity contribution in [3.63, 3.8) is 0 Å². The summed E-state index contributed by atoms with van der Waals surface area (Å²) in [5.74, 6) is 0.512. The molecule has 2 aromatic rings. The third-order valence-electron chi connectivity index (χ3n) is 3.32. The van der Waals surface area contributed by atoms with Crippen LogP contribution in [0.2, 0.25) is 0 Å². The van der Waals surface area contributed by atoms with Crippen LogP contribution in [-0.4, -0.2) is 27.9 Å². The highest BCUT2D eigenvalue weighted by atomic mass is 32.2. The molecule has 0 radical (unpaired) electrons. The minimum atomic E-state index is 0.0818. The van der Waals surface area contributed by atoms with Gasteiger partial charge in [-0.15, -0.1) is 16.4 Å². The number of carbonyl (C=O) groups excluding carboxylic acids is 1. The third-order valence-corrected chi connectivity index (χ3v) is 5.08. The molecule has 1 fully saturated rings. The van der Waals surface area contributed by atoms with E-state index in [0.29, 0.717) is 17.5 Å². The van der Waals surface area contributed by atoms with Crippen LogP contribution >= 0.6 is 23.1 Å². The van der Waals surface area contributed by atoms with Crippen molar-refractivity contribution < 1.29 is 4.79 Å². The Bertz CT molecular complexity index is 723. The average molecular weight is 329 g/mol. The minimum absolute atomic E-state index is 0.0818. The zero-order valence-corrected chi connectivity index (χ0v) is 13.7. The van der Waals surface area contributed by atoms with Crippen molar-refractivity contribution in [3.05, 3.63) is 57.8 Å². The molecule has 1 aliphatic heterocycles. The lowest BCUT2D eigenvalue weighted by atomic mass is 10.1. The molecule has 0 N–H and O–H groups in total. The summed E-state index contributed by atoms with van der Waals surface area (Å²) < 4.78 is 0. The summed E-state index contributed by atoms with van der Waals surface area (Å²) in [6.07, 6.45) is 1.72. The van der Waals surface area contributed by atoms with Gasteiger partial charge in [-0.3, -0.25) is 9.69 Å². The van der Waals surface area contributed by atoms with Gasteiger partial charge in [0.1, 0.15) is 0 Å². The highest BCUT2D eigenvalue weighted by Gasteiger charge is 2.28. The highest BCUT2D eigenvalue weighted by Crippen LogP contribution is 2.23. The van der Waals surface area contributed by atoms with E-state index >= 15 is 0 Å². The molecule has 1 aromatic carbocycles. The van der Waals surface area contributed by atoms with Crippen molar-refractivity contribution in [1.82, 2.24) is 4.90 Å². The number of hydrogen-bond acceptors (Lipinski definition) is 5. The molecule has 1 amide bonds. The van der Waals surface area contributed by atoms with E-state index in [2.05, 4.69) is 23.2 Å². The number of amides is 1. The second-order valence-electron chi connectivity index (χ2n) is 4.84. The van der Waals surface area contributed by atoms with Crippen molar-refractivity contribution in [2.45, 2.75) is 13.5 Å². The molecule has 4 nitrogen and oxygen atoms in total. The molecule has 112 valence electrons. The highest BCUT2D eigenvalue weighted by molar-refractivity contribution is 8.15. The quantitative estimate of drug-likeness (QED) is 0.636. The summed E-state index contributed by atoms with van der Waals surface area (Å²) in [4.78, 5) is 14.8. The Morgan fingerprint density at radius 1 is 1.27 bits per heavy atom. The molecule has 0 spiro atoms. The fourth-order valence-electron chi connectivity index (χ4n) is 2.09. The van der Waals surface area contributed by atoms with Gasteiger partial charge in [0, 0.05) is 4.88 Å². The Hall–Kier alpha value is -1.92. The second-order valence-corrected chi connectivity index (χ2v) is 6.76. The third kappa shape index (κ3) is 3.45. The lowest BCUT2D eigenvalue weighted by Gasteiger charge is -2.16. The number of benzene rings is 1. The van der Waals surface area contributed by atoms with Crippen LogP contribution < -0.4 is 0 Å². The number of amidine groups is 1. The molecule has 2 heterocycles. The molecular weight excluding hydrogens is 314 g/mol. The van der Waals surface area contributed by atoms with Gasteiger partial charge in [-0.2, -0.15) is 5.10 Å². The number of rotatable bonds is 4. The lowest BCUT2D eigenvalue weighted by Crippen LogP contribution is -2.29. The zero-order chi connectivity index (χ0) is 15.4. The Morgan fingerprint density at radius 3 is 2.91 bits per heavy atom. The molecule has 0 atom stereocenters. The van der Waals surface area contributed by atoms with Gasteiger partial charge in [-0.25, -0.2) is 0 Å². The first kappa shape index (κ1) is 15.0. The monoisotopic (exact) mass is 329 g/mol. The van der Waals surface area contributed by atoms with Crippen LogP contribution in [0.25, 0.3) is 0 Å². The van der Waals surface area contributed by atoms with E-state index in [1.165, 1.54) is 17.3 Å². The molecule has 22 heavy (non-hydrogen) atoms. The summed E-state index contributed by atoms with van der Waals surface area (Å²) >= 11 is 3.04. The van der Waals surface area contributed by atoms with Gasteiger partial charge in [0.25, 0.3) is 0 Å². The largest absolute Gasteiger partial charge is 0.285 e. The molecule has 0 unspecified atom stereocenters. The van der Waals surface area contributed by atoms with Crippen molar-refractivity contribution in [2.75, 3.05) is 5.75 Å². The molecule has 0 aliphatic carbocycles. The fourth-order valence-corrected chi connectivity index (χ4v) is 3.50. The van der Waals surface area contributed by atoms with Gasteiger partial charge < -0.3 is 0 Å². The van der Waals surface area contributed by atoms with Crippen molar-refractivity contribution in [2.24, 2.45) is 10.2 Å². The molecular formula is C16H15N3OS2. The Morgan fingerprint density at radius 2 is 2.14 bits per heavy atom. The van der Waals surface area contributed by atoms with E-state index < -0.39 is 0 Å². The Balaban J connectivity index is 1.76. The predicted octanol–water partition coefficient (Wildman–Crippen LogP) is 3.52. The Kier molecular flexibility index (Phi) is 4.70. The molecule has 0 saturated carbocycles. The fraction of sp³-hybridized carbons (Fsp3) is 0.188. The van der Waals surface area contributed by atoms with Crippen molar-refractivity contribution in [1.29, 1.82) is 0 Å². The van der Waals surface area contributed by atoms with Gasteiger partial charge in [-0.05, 0) is 29.5 Å². The maximum absolute atomic E-state index is 12.1. The molecule has 3 rings (SSSR count). The van der Waals surface area contributed by atoms with Gasteiger partial charge in [0.15, 0.2) is 5.17 Å².